The first-order valence-electron chi connectivity index (χ1n) is 9.21. The molecule has 0 aliphatic carbocycles. The Morgan fingerprint density at radius 1 is 1.13 bits per heavy atom. The number of carbonyl (C=O) groups excluding carboxylic acids is 1. The topological polar surface area (TPSA) is 103 Å². The zero-order valence-corrected chi connectivity index (χ0v) is 17.5. The predicted molar refractivity (Wildman–Crippen MR) is 107 cm³/mol. The van der Waals surface area contributed by atoms with Gasteiger partial charge in [0.1, 0.15) is 11.6 Å². The molecule has 8 nitrogen and oxygen atoms in total. The zero-order valence-electron chi connectivity index (χ0n) is 16.7. The molecule has 0 unspecified atom stereocenters. The number of ketones is 1. The number of nitrogens with one attached hydrogen (secondary N) is 1. The molecule has 0 saturated carbocycles. The lowest BCUT2D eigenvalue weighted by Crippen LogP contribution is -2.29. The summed E-state index contributed by atoms with van der Waals surface area (Å²) in [5.74, 6) is 0.201. The maximum atomic E-state index is 13.1. The van der Waals surface area contributed by atoms with Gasteiger partial charge in [-0.15, -0.1) is 5.10 Å². The lowest BCUT2D eigenvalue weighted by Gasteiger charge is -2.15. The molecule has 0 amide bonds. The summed E-state index contributed by atoms with van der Waals surface area (Å²) >= 11 is 0. The van der Waals surface area contributed by atoms with E-state index in [1.54, 1.807) is 11.5 Å². The van der Waals surface area contributed by atoms with Gasteiger partial charge in [-0.3, -0.25) is 9.36 Å². The molecule has 158 valence electrons. The van der Waals surface area contributed by atoms with E-state index in [0.29, 0.717) is 23.7 Å². The van der Waals surface area contributed by atoms with Crippen molar-refractivity contribution in [1.82, 2.24) is 19.5 Å². The van der Waals surface area contributed by atoms with Crippen LogP contribution in [-0.4, -0.2) is 29.0 Å². The molecule has 0 aliphatic heterocycles. The molecule has 1 N–H and O–H groups in total. The Morgan fingerprint density at radius 3 is 2.33 bits per heavy atom. The Bertz CT molecular complexity index is 1140. The van der Waals surface area contributed by atoms with Crippen molar-refractivity contribution < 1.29 is 22.3 Å². The molecule has 3 rings (SSSR count). The van der Waals surface area contributed by atoms with E-state index in [1.165, 1.54) is 55.5 Å². The maximum absolute atomic E-state index is 13.1. The van der Waals surface area contributed by atoms with Crippen molar-refractivity contribution in [3.63, 3.8) is 0 Å². The molecule has 3 aromatic rings. The molecule has 30 heavy (non-hydrogen) atoms. The Kier molecular flexibility index (Phi) is 6.28. The number of rotatable bonds is 8. The average molecular weight is 432 g/mol. The van der Waals surface area contributed by atoms with Crippen LogP contribution in [0.1, 0.15) is 43.0 Å². The first kappa shape index (κ1) is 21.6. The molecule has 0 fully saturated rings. The van der Waals surface area contributed by atoms with Gasteiger partial charge in [-0.25, -0.2) is 17.5 Å². The number of hydrogen-bond donors (Lipinski definition) is 1. The number of carbonyl (C=O) groups is 1. The number of sulfonamides is 1. The van der Waals surface area contributed by atoms with E-state index in [9.17, 15) is 17.6 Å². The standard InChI is InChI=1S/C20H21FN4O4S/c1-4-25-19(22-23-20(25)29-17-9-7-16(21)8-10-17)13(2)24-30(27,28)18-11-5-15(6-12-18)14(3)26/h5-13,24H,4H2,1-3H3/t13-/m1/s1. The fourth-order valence-corrected chi connectivity index (χ4v) is 4.02. The van der Waals surface area contributed by atoms with E-state index in [1.807, 2.05) is 6.92 Å². The van der Waals surface area contributed by atoms with Crippen molar-refractivity contribution in [2.75, 3.05) is 0 Å². The summed E-state index contributed by atoms with van der Waals surface area (Å²) in [5.41, 5.74) is 0.426. The Hall–Kier alpha value is -3.11. The van der Waals surface area contributed by atoms with E-state index in [-0.39, 0.29) is 22.5 Å². The second-order valence-corrected chi connectivity index (χ2v) is 8.28. The van der Waals surface area contributed by atoms with E-state index in [2.05, 4.69) is 14.9 Å². The largest absolute Gasteiger partial charge is 0.424 e. The van der Waals surface area contributed by atoms with Crippen LogP contribution in [0.25, 0.3) is 0 Å². The highest BCUT2D eigenvalue weighted by molar-refractivity contribution is 7.89. The number of benzene rings is 2. The van der Waals surface area contributed by atoms with E-state index < -0.39 is 16.1 Å². The van der Waals surface area contributed by atoms with Gasteiger partial charge in [0.05, 0.1) is 10.9 Å². The average Bonchev–Trinajstić information content (AvgIpc) is 3.12. The highest BCUT2D eigenvalue weighted by atomic mass is 32.2. The summed E-state index contributed by atoms with van der Waals surface area (Å²) in [6.45, 7) is 5.32. The second-order valence-electron chi connectivity index (χ2n) is 6.56. The maximum Gasteiger partial charge on any atom is 0.322 e. The van der Waals surface area contributed by atoms with Gasteiger partial charge in [-0.05, 0) is 57.2 Å². The van der Waals surface area contributed by atoms with Gasteiger partial charge >= 0.3 is 6.01 Å². The normalized spacial score (nSPS) is 12.5. The number of hydrogen-bond acceptors (Lipinski definition) is 6. The lowest BCUT2D eigenvalue weighted by atomic mass is 10.2. The van der Waals surface area contributed by atoms with Gasteiger partial charge in [0.15, 0.2) is 11.6 Å². The van der Waals surface area contributed by atoms with Crippen LogP contribution < -0.4 is 9.46 Å². The monoisotopic (exact) mass is 432 g/mol. The Balaban J connectivity index is 1.80. The number of halogens is 1. The van der Waals surface area contributed by atoms with Crippen LogP contribution in [0.2, 0.25) is 0 Å². The van der Waals surface area contributed by atoms with Crippen molar-refractivity contribution in [3.8, 4) is 11.8 Å². The molecule has 2 aromatic carbocycles. The number of nitrogens with zero attached hydrogens (tertiary/aromatic N) is 3. The predicted octanol–water partition coefficient (Wildman–Crippen LogP) is 3.47. The first-order valence-corrected chi connectivity index (χ1v) is 10.7. The number of aromatic nitrogens is 3. The summed E-state index contributed by atoms with van der Waals surface area (Å²) in [5, 5.41) is 8.04. The van der Waals surface area contributed by atoms with E-state index >= 15 is 0 Å². The first-order chi connectivity index (χ1) is 14.2. The zero-order chi connectivity index (χ0) is 21.9. The van der Waals surface area contributed by atoms with Crippen LogP contribution in [0, 0.1) is 5.82 Å². The highest BCUT2D eigenvalue weighted by Gasteiger charge is 2.24. The molecule has 0 aliphatic rings. The summed E-state index contributed by atoms with van der Waals surface area (Å²) in [7, 11) is -3.85. The van der Waals surface area contributed by atoms with Crippen LogP contribution in [0.15, 0.2) is 53.4 Å². The molecule has 0 saturated heterocycles. The number of Topliss-reactive ketones (excluding diaryl/α,β-unsaturated/α-hetero) is 1. The lowest BCUT2D eigenvalue weighted by molar-refractivity contribution is 0.101. The molecule has 1 heterocycles. The smallest absolute Gasteiger partial charge is 0.322 e. The van der Waals surface area contributed by atoms with Crippen molar-refractivity contribution in [1.29, 1.82) is 0 Å². The molecule has 0 radical (unpaired) electrons. The minimum Gasteiger partial charge on any atom is -0.424 e. The molecule has 0 bridgehead atoms. The summed E-state index contributed by atoms with van der Waals surface area (Å²) < 4.78 is 48.3. The Morgan fingerprint density at radius 2 is 1.77 bits per heavy atom. The molecular weight excluding hydrogens is 411 g/mol. The third kappa shape index (κ3) is 4.71. The second kappa shape index (κ2) is 8.72. The SMILES string of the molecule is CCn1c(Oc2ccc(F)cc2)nnc1[C@@H](C)NS(=O)(=O)c1ccc(C(C)=O)cc1. The molecule has 1 aromatic heterocycles. The van der Waals surface area contributed by atoms with Gasteiger partial charge in [-0.1, -0.05) is 17.2 Å². The molecule has 10 heteroatoms. The van der Waals surface area contributed by atoms with Crippen LogP contribution in [0.3, 0.4) is 0 Å². The van der Waals surface area contributed by atoms with Gasteiger partial charge in [0.2, 0.25) is 10.0 Å². The minimum absolute atomic E-state index is 0.0321. The van der Waals surface area contributed by atoms with Crippen LogP contribution in [0.4, 0.5) is 4.39 Å². The van der Waals surface area contributed by atoms with E-state index in [4.69, 9.17) is 4.74 Å². The van der Waals surface area contributed by atoms with Crippen molar-refractivity contribution in [3.05, 3.63) is 65.7 Å². The van der Waals surface area contributed by atoms with Crippen molar-refractivity contribution in [2.45, 2.75) is 38.3 Å². The molecule has 0 spiro atoms. The fraction of sp³-hybridized carbons (Fsp3) is 0.250. The van der Waals surface area contributed by atoms with Crippen LogP contribution in [-0.2, 0) is 16.6 Å². The fourth-order valence-electron chi connectivity index (χ4n) is 2.82. The van der Waals surface area contributed by atoms with E-state index in [0.717, 1.165) is 0 Å². The van der Waals surface area contributed by atoms with Gasteiger partial charge in [0.25, 0.3) is 0 Å². The van der Waals surface area contributed by atoms with Crippen LogP contribution in [0.5, 0.6) is 11.8 Å². The van der Waals surface area contributed by atoms with Gasteiger partial charge < -0.3 is 4.74 Å². The van der Waals surface area contributed by atoms with Crippen molar-refractivity contribution >= 4 is 15.8 Å². The highest BCUT2D eigenvalue weighted by Crippen LogP contribution is 2.24. The molecular formula is C20H21FN4O4S. The Labute approximate surface area is 173 Å². The summed E-state index contributed by atoms with van der Waals surface area (Å²) in [4.78, 5) is 11.4. The third-order valence-electron chi connectivity index (χ3n) is 4.37. The minimum atomic E-state index is -3.85. The van der Waals surface area contributed by atoms with Gasteiger partial charge in [0, 0.05) is 12.1 Å². The van der Waals surface area contributed by atoms with Crippen LogP contribution >= 0.6 is 0 Å². The third-order valence-corrected chi connectivity index (χ3v) is 5.93. The quantitative estimate of drug-likeness (QED) is 0.547. The van der Waals surface area contributed by atoms with Gasteiger partial charge in [-0.2, -0.15) is 0 Å². The van der Waals surface area contributed by atoms with Crippen molar-refractivity contribution in [2.24, 2.45) is 0 Å². The summed E-state index contributed by atoms with van der Waals surface area (Å²) in [6, 6.07) is 10.6. The summed E-state index contributed by atoms with van der Waals surface area (Å²) in [6.07, 6.45) is 0. The number of ether oxygens (including phenoxy) is 1. The molecule has 1 atom stereocenters.